The third kappa shape index (κ3) is 6.84. The Labute approximate surface area is 254 Å². The van der Waals surface area contributed by atoms with E-state index in [2.05, 4.69) is 34.5 Å². The third-order valence-corrected chi connectivity index (χ3v) is 7.85. The van der Waals surface area contributed by atoms with Gasteiger partial charge in [-0.1, -0.05) is 84.9 Å². The molecule has 7 heteroatoms. The number of fused-ring (bicyclic) bond motifs is 1. The van der Waals surface area contributed by atoms with E-state index < -0.39 is 11.7 Å². The number of nitrogens with zero attached hydrogens (tertiary/aromatic N) is 1. The van der Waals surface area contributed by atoms with E-state index in [0.29, 0.717) is 29.0 Å². The topological polar surface area (TPSA) is 41.6 Å². The largest absolute Gasteiger partial charge is 0.489 e. The van der Waals surface area contributed by atoms with Crippen LogP contribution in [0.5, 0.6) is 5.75 Å². The minimum absolute atomic E-state index is 0.315. The first-order valence-electron chi connectivity index (χ1n) is 14.5. The number of anilines is 1. The molecular weight excluding hydrogens is 561 g/mol. The number of rotatable bonds is 8. The average Bonchev–Trinajstić information content (AvgIpc) is 3.04. The van der Waals surface area contributed by atoms with Crippen molar-refractivity contribution in [2.24, 2.45) is 0 Å². The van der Waals surface area contributed by atoms with Gasteiger partial charge in [-0.05, 0) is 70.6 Å². The summed E-state index contributed by atoms with van der Waals surface area (Å²) in [6.45, 7) is 2.94. The molecule has 5 aromatic rings. The summed E-state index contributed by atoms with van der Waals surface area (Å²) in [5.41, 5.74) is 6.12. The Morgan fingerprint density at radius 3 is 2.32 bits per heavy atom. The maximum atomic E-state index is 13.3. The first kappa shape index (κ1) is 29.2. The van der Waals surface area contributed by atoms with E-state index in [1.54, 1.807) is 24.3 Å². The molecule has 4 nitrogen and oxygen atoms in total. The van der Waals surface area contributed by atoms with Crippen molar-refractivity contribution in [1.29, 1.82) is 0 Å². The molecule has 1 N–H and O–H groups in total. The smallest absolute Gasteiger partial charge is 0.416 e. The lowest BCUT2D eigenvalue weighted by Crippen LogP contribution is -2.30. The molecule has 1 aliphatic rings. The van der Waals surface area contributed by atoms with E-state index in [-0.39, 0.29) is 5.91 Å². The zero-order chi connectivity index (χ0) is 30.5. The van der Waals surface area contributed by atoms with Crippen LogP contribution in [-0.2, 0) is 32.3 Å². The van der Waals surface area contributed by atoms with Crippen LogP contribution in [0, 0.1) is 0 Å². The SMILES string of the molecule is O=C(Nc1ccc2c(c1)CCN(Cc1ccccc1OCc1ccccc1)C2)c1ccccc1-c1ccc(C(F)(F)F)cc1. The van der Waals surface area contributed by atoms with Gasteiger partial charge >= 0.3 is 6.18 Å². The number of alkyl halides is 3. The summed E-state index contributed by atoms with van der Waals surface area (Å²) in [4.78, 5) is 15.7. The Hall–Kier alpha value is -4.88. The van der Waals surface area contributed by atoms with Gasteiger partial charge in [-0.2, -0.15) is 13.2 Å². The van der Waals surface area contributed by atoms with Gasteiger partial charge in [0.15, 0.2) is 0 Å². The zero-order valence-electron chi connectivity index (χ0n) is 24.0. The standard InChI is InChI=1S/C37H31F3N2O2/c38-37(39,40)31-17-14-27(15-18-31)33-11-5-6-12-34(33)36(43)41-32-19-16-29-23-42(21-20-28(29)22-32)24-30-10-4-7-13-35(30)44-25-26-8-2-1-3-9-26/h1-19,22H,20-21,23-25H2,(H,41,43). The van der Waals surface area contributed by atoms with Gasteiger partial charge in [0, 0.05) is 36.4 Å². The van der Waals surface area contributed by atoms with Crippen molar-refractivity contribution in [3.8, 4) is 16.9 Å². The highest BCUT2D eigenvalue weighted by atomic mass is 19.4. The molecule has 222 valence electrons. The Balaban J connectivity index is 1.11. The molecule has 0 saturated heterocycles. The van der Waals surface area contributed by atoms with Crippen molar-refractivity contribution in [1.82, 2.24) is 4.90 Å². The number of carbonyl (C=O) groups excluding carboxylic acids is 1. The number of halogens is 3. The van der Waals surface area contributed by atoms with Crippen LogP contribution in [0.1, 0.15) is 38.2 Å². The minimum Gasteiger partial charge on any atom is -0.489 e. The Bertz CT molecular complexity index is 1750. The highest BCUT2D eigenvalue weighted by Crippen LogP contribution is 2.32. The van der Waals surface area contributed by atoms with E-state index in [4.69, 9.17) is 4.74 Å². The van der Waals surface area contributed by atoms with Gasteiger partial charge < -0.3 is 10.1 Å². The average molecular weight is 593 g/mol. The predicted molar refractivity (Wildman–Crippen MR) is 166 cm³/mol. The molecule has 0 bridgehead atoms. The van der Waals surface area contributed by atoms with Gasteiger partial charge in [-0.25, -0.2) is 0 Å². The van der Waals surface area contributed by atoms with Crippen LogP contribution < -0.4 is 10.1 Å². The summed E-state index contributed by atoms with van der Waals surface area (Å²) in [7, 11) is 0. The van der Waals surface area contributed by atoms with Gasteiger partial charge in [0.1, 0.15) is 12.4 Å². The number of ether oxygens (including phenoxy) is 1. The van der Waals surface area contributed by atoms with Crippen LogP contribution in [0.2, 0.25) is 0 Å². The molecule has 6 rings (SSSR count). The van der Waals surface area contributed by atoms with E-state index in [9.17, 15) is 18.0 Å². The summed E-state index contributed by atoms with van der Waals surface area (Å²) in [5, 5.41) is 2.99. The van der Waals surface area contributed by atoms with Crippen LogP contribution in [0.4, 0.5) is 18.9 Å². The zero-order valence-corrected chi connectivity index (χ0v) is 24.0. The van der Waals surface area contributed by atoms with Crippen molar-refractivity contribution in [3.05, 3.63) is 155 Å². The monoisotopic (exact) mass is 592 g/mol. The highest BCUT2D eigenvalue weighted by molar-refractivity contribution is 6.08. The number of hydrogen-bond acceptors (Lipinski definition) is 3. The van der Waals surface area contributed by atoms with Gasteiger partial charge in [0.05, 0.1) is 5.56 Å². The van der Waals surface area contributed by atoms with Crippen LogP contribution in [0.25, 0.3) is 11.1 Å². The van der Waals surface area contributed by atoms with Crippen LogP contribution in [-0.4, -0.2) is 17.4 Å². The summed E-state index contributed by atoms with van der Waals surface area (Å²) >= 11 is 0. The molecule has 0 atom stereocenters. The summed E-state index contributed by atoms with van der Waals surface area (Å²) in [6, 6.07) is 36.0. The van der Waals surface area contributed by atoms with E-state index in [0.717, 1.165) is 55.1 Å². The molecule has 5 aromatic carbocycles. The number of amides is 1. The normalized spacial score (nSPS) is 13.2. The molecule has 0 saturated carbocycles. The molecule has 0 aliphatic carbocycles. The fourth-order valence-corrected chi connectivity index (χ4v) is 5.55. The summed E-state index contributed by atoms with van der Waals surface area (Å²) in [5.74, 6) is 0.571. The predicted octanol–water partition coefficient (Wildman–Crippen LogP) is 8.76. The number of carbonyl (C=O) groups is 1. The first-order valence-corrected chi connectivity index (χ1v) is 14.5. The van der Waals surface area contributed by atoms with Crippen molar-refractivity contribution in [2.75, 3.05) is 11.9 Å². The van der Waals surface area contributed by atoms with Crippen molar-refractivity contribution in [3.63, 3.8) is 0 Å². The van der Waals surface area contributed by atoms with Gasteiger partial charge in [-0.3, -0.25) is 9.69 Å². The molecule has 0 unspecified atom stereocenters. The molecule has 44 heavy (non-hydrogen) atoms. The Morgan fingerprint density at radius 1 is 0.795 bits per heavy atom. The summed E-state index contributed by atoms with van der Waals surface area (Å²) < 4.78 is 45.3. The third-order valence-electron chi connectivity index (χ3n) is 7.85. The summed E-state index contributed by atoms with van der Waals surface area (Å²) in [6.07, 6.45) is -3.57. The molecule has 0 spiro atoms. The second-order valence-corrected chi connectivity index (χ2v) is 10.9. The lowest BCUT2D eigenvalue weighted by molar-refractivity contribution is -0.137. The number of nitrogens with one attached hydrogen (secondary N) is 1. The van der Waals surface area contributed by atoms with Crippen LogP contribution in [0.3, 0.4) is 0 Å². The molecule has 1 amide bonds. The minimum atomic E-state index is -4.42. The number of benzene rings is 5. The first-order chi connectivity index (χ1) is 21.3. The molecule has 0 radical (unpaired) electrons. The van der Waals surface area contributed by atoms with Gasteiger partial charge in [0.2, 0.25) is 0 Å². The fourth-order valence-electron chi connectivity index (χ4n) is 5.55. The molecule has 1 aliphatic heterocycles. The maximum absolute atomic E-state index is 13.3. The Morgan fingerprint density at radius 2 is 1.52 bits per heavy atom. The molecule has 1 heterocycles. The second kappa shape index (κ2) is 12.8. The van der Waals surface area contributed by atoms with Crippen molar-refractivity contribution < 1.29 is 22.7 Å². The van der Waals surface area contributed by atoms with Crippen molar-refractivity contribution >= 4 is 11.6 Å². The van der Waals surface area contributed by atoms with Crippen LogP contribution >= 0.6 is 0 Å². The van der Waals surface area contributed by atoms with E-state index >= 15 is 0 Å². The number of hydrogen-bond donors (Lipinski definition) is 1. The van der Waals surface area contributed by atoms with Crippen LogP contribution in [0.15, 0.2) is 121 Å². The second-order valence-electron chi connectivity index (χ2n) is 10.9. The highest BCUT2D eigenvalue weighted by Gasteiger charge is 2.30. The van der Waals surface area contributed by atoms with Crippen molar-refractivity contribution in [2.45, 2.75) is 32.3 Å². The quantitative estimate of drug-likeness (QED) is 0.196. The fraction of sp³-hybridized carbons (Fsp3) is 0.162. The van der Waals surface area contributed by atoms with E-state index in [1.165, 1.54) is 23.3 Å². The lowest BCUT2D eigenvalue weighted by atomic mass is 9.97. The lowest BCUT2D eigenvalue weighted by Gasteiger charge is -2.29. The molecule has 0 aromatic heterocycles. The molecular formula is C37H31F3N2O2. The van der Waals surface area contributed by atoms with Gasteiger partial charge in [-0.15, -0.1) is 0 Å². The Kier molecular flexibility index (Phi) is 8.48. The van der Waals surface area contributed by atoms with Gasteiger partial charge in [0.25, 0.3) is 5.91 Å². The van der Waals surface area contributed by atoms with E-state index in [1.807, 2.05) is 48.5 Å². The maximum Gasteiger partial charge on any atom is 0.416 e. The number of para-hydroxylation sites is 1. The molecule has 0 fully saturated rings.